The second-order valence-electron chi connectivity index (χ2n) is 2.98. The van der Waals surface area contributed by atoms with E-state index in [1.54, 1.807) is 6.20 Å². The van der Waals surface area contributed by atoms with Gasteiger partial charge in [-0.05, 0) is 22.9 Å². The average Bonchev–Trinajstić information content (AvgIpc) is 2.48. The summed E-state index contributed by atoms with van der Waals surface area (Å²) >= 11 is 3.35. The molecule has 0 aliphatic carbocycles. The van der Waals surface area contributed by atoms with Crippen LogP contribution in [0.15, 0.2) is 29.5 Å². The summed E-state index contributed by atoms with van der Waals surface area (Å²) in [5.74, 6) is 0. The average molecular weight is 244 g/mol. The van der Waals surface area contributed by atoms with E-state index in [0.29, 0.717) is 6.04 Å². The van der Waals surface area contributed by atoms with E-state index in [1.165, 1.54) is 0 Å². The SMILES string of the molecule is C=CCN[C@H](C)Cn1cc(Br)cn1. The lowest BCUT2D eigenvalue weighted by Gasteiger charge is -2.11. The molecule has 1 N–H and O–H groups in total. The van der Waals surface area contributed by atoms with Crippen LogP contribution in [-0.2, 0) is 6.54 Å². The first-order valence-electron chi connectivity index (χ1n) is 4.24. The summed E-state index contributed by atoms with van der Waals surface area (Å²) in [5.41, 5.74) is 0. The van der Waals surface area contributed by atoms with E-state index < -0.39 is 0 Å². The fourth-order valence-corrected chi connectivity index (χ4v) is 1.40. The third-order valence-electron chi connectivity index (χ3n) is 1.67. The van der Waals surface area contributed by atoms with Gasteiger partial charge in [0.05, 0.1) is 17.2 Å². The van der Waals surface area contributed by atoms with Gasteiger partial charge in [-0.1, -0.05) is 6.08 Å². The van der Waals surface area contributed by atoms with Crippen molar-refractivity contribution < 1.29 is 0 Å². The van der Waals surface area contributed by atoms with Crippen LogP contribution in [0.4, 0.5) is 0 Å². The van der Waals surface area contributed by atoms with Crippen molar-refractivity contribution in [3.63, 3.8) is 0 Å². The molecule has 0 fully saturated rings. The third-order valence-corrected chi connectivity index (χ3v) is 2.08. The Morgan fingerprint density at radius 2 is 2.62 bits per heavy atom. The van der Waals surface area contributed by atoms with E-state index in [4.69, 9.17) is 0 Å². The van der Waals surface area contributed by atoms with Crippen LogP contribution in [0, 0.1) is 0 Å². The van der Waals surface area contributed by atoms with Gasteiger partial charge in [0, 0.05) is 18.8 Å². The highest BCUT2D eigenvalue weighted by Crippen LogP contribution is 2.06. The zero-order valence-electron chi connectivity index (χ0n) is 7.70. The Kier molecular flexibility index (Phi) is 4.18. The van der Waals surface area contributed by atoms with E-state index in [1.807, 2.05) is 17.0 Å². The molecule has 0 saturated carbocycles. The third kappa shape index (κ3) is 3.74. The molecule has 0 bridgehead atoms. The molecule has 1 aromatic rings. The molecule has 0 saturated heterocycles. The van der Waals surface area contributed by atoms with Gasteiger partial charge in [0.2, 0.25) is 0 Å². The smallest absolute Gasteiger partial charge is 0.0632 e. The van der Waals surface area contributed by atoms with Crippen LogP contribution >= 0.6 is 15.9 Å². The molecule has 0 radical (unpaired) electrons. The van der Waals surface area contributed by atoms with Crippen molar-refractivity contribution in [2.75, 3.05) is 6.54 Å². The summed E-state index contributed by atoms with van der Waals surface area (Å²) in [6.45, 7) is 7.49. The maximum atomic E-state index is 4.17. The van der Waals surface area contributed by atoms with Gasteiger partial charge in [-0.3, -0.25) is 4.68 Å². The normalized spacial score (nSPS) is 12.8. The van der Waals surface area contributed by atoms with Crippen LogP contribution < -0.4 is 5.32 Å². The number of nitrogens with one attached hydrogen (secondary N) is 1. The fraction of sp³-hybridized carbons (Fsp3) is 0.444. The van der Waals surface area contributed by atoms with Crippen molar-refractivity contribution in [2.45, 2.75) is 19.5 Å². The van der Waals surface area contributed by atoms with E-state index in [9.17, 15) is 0 Å². The first kappa shape index (κ1) is 10.5. The molecule has 0 aliphatic heterocycles. The molecule has 1 heterocycles. The van der Waals surface area contributed by atoms with Crippen molar-refractivity contribution in [3.05, 3.63) is 29.5 Å². The van der Waals surface area contributed by atoms with Crippen LogP contribution in [0.1, 0.15) is 6.92 Å². The van der Waals surface area contributed by atoms with E-state index in [0.717, 1.165) is 17.6 Å². The van der Waals surface area contributed by atoms with Gasteiger partial charge in [0.25, 0.3) is 0 Å². The molecule has 4 heteroatoms. The quantitative estimate of drug-likeness (QED) is 0.800. The molecule has 1 rings (SSSR count). The molecule has 3 nitrogen and oxygen atoms in total. The molecule has 0 spiro atoms. The highest BCUT2D eigenvalue weighted by molar-refractivity contribution is 9.10. The minimum atomic E-state index is 0.407. The number of halogens is 1. The number of rotatable bonds is 5. The van der Waals surface area contributed by atoms with Crippen molar-refractivity contribution in [1.82, 2.24) is 15.1 Å². The second-order valence-corrected chi connectivity index (χ2v) is 3.89. The van der Waals surface area contributed by atoms with Gasteiger partial charge in [0.1, 0.15) is 0 Å². The van der Waals surface area contributed by atoms with Crippen molar-refractivity contribution >= 4 is 15.9 Å². The predicted molar refractivity (Wildman–Crippen MR) is 57.6 cm³/mol. The number of aromatic nitrogens is 2. The molecule has 13 heavy (non-hydrogen) atoms. The maximum absolute atomic E-state index is 4.17. The van der Waals surface area contributed by atoms with Gasteiger partial charge in [0.15, 0.2) is 0 Å². The summed E-state index contributed by atoms with van der Waals surface area (Å²) in [6, 6.07) is 0.407. The Morgan fingerprint density at radius 1 is 1.85 bits per heavy atom. The number of nitrogens with zero attached hydrogens (tertiary/aromatic N) is 2. The van der Waals surface area contributed by atoms with E-state index in [2.05, 4.69) is 39.8 Å². The summed E-state index contributed by atoms with van der Waals surface area (Å²) in [7, 11) is 0. The summed E-state index contributed by atoms with van der Waals surface area (Å²) in [6.07, 6.45) is 5.61. The van der Waals surface area contributed by atoms with Crippen LogP contribution in [0.5, 0.6) is 0 Å². The Labute approximate surface area is 87.0 Å². The summed E-state index contributed by atoms with van der Waals surface area (Å²) in [5, 5.41) is 7.46. The molecule has 72 valence electrons. The fourth-order valence-electron chi connectivity index (χ4n) is 1.07. The Hall–Kier alpha value is -0.610. The first-order valence-corrected chi connectivity index (χ1v) is 5.04. The maximum Gasteiger partial charge on any atom is 0.0632 e. The van der Waals surface area contributed by atoms with Crippen LogP contribution in [0.3, 0.4) is 0 Å². The predicted octanol–water partition coefficient (Wildman–Crippen LogP) is 1.81. The van der Waals surface area contributed by atoms with Crippen LogP contribution in [-0.4, -0.2) is 22.4 Å². The molecule has 0 aromatic carbocycles. The largest absolute Gasteiger partial charge is 0.309 e. The van der Waals surface area contributed by atoms with Gasteiger partial charge < -0.3 is 5.32 Å². The minimum absolute atomic E-state index is 0.407. The Morgan fingerprint density at radius 3 is 3.15 bits per heavy atom. The van der Waals surface area contributed by atoms with Gasteiger partial charge >= 0.3 is 0 Å². The molecular weight excluding hydrogens is 230 g/mol. The van der Waals surface area contributed by atoms with E-state index in [-0.39, 0.29) is 0 Å². The van der Waals surface area contributed by atoms with Crippen LogP contribution in [0.25, 0.3) is 0 Å². The molecule has 1 atom stereocenters. The lowest BCUT2D eigenvalue weighted by molar-refractivity contribution is 0.468. The number of hydrogen-bond donors (Lipinski definition) is 1. The van der Waals surface area contributed by atoms with Gasteiger partial charge in [-0.15, -0.1) is 6.58 Å². The monoisotopic (exact) mass is 243 g/mol. The Bertz CT molecular complexity index is 270. The highest BCUT2D eigenvalue weighted by Gasteiger charge is 2.01. The molecule has 1 aromatic heterocycles. The minimum Gasteiger partial charge on any atom is -0.309 e. The number of hydrogen-bond acceptors (Lipinski definition) is 2. The van der Waals surface area contributed by atoms with E-state index >= 15 is 0 Å². The lowest BCUT2D eigenvalue weighted by Crippen LogP contribution is -2.30. The molecule has 0 amide bonds. The van der Waals surface area contributed by atoms with Crippen LogP contribution in [0.2, 0.25) is 0 Å². The summed E-state index contributed by atoms with van der Waals surface area (Å²) in [4.78, 5) is 0. The van der Waals surface area contributed by atoms with Gasteiger partial charge in [-0.25, -0.2) is 0 Å². The second kappa shape index (κ2) is 5.19. The molecular formula is C9H14BrN3. The lowest BCUT2D eigenvalue weighted by atomic mass is 10.3. The first-order chi connectivity index (χ1) is 6.22. The highest BCUT2D eigenvalue weighted by atomic mass is 79.9. The zero-order valence-corrected chi connectivity index (χ0v) is 9.29. The van der Waals surface area contributed by atoms with Crippen molar-refractivity contribution in [2.24, 2.45) is 0 Å². The molecule has 0 unspecified atom stereocenters. The zero-order chi connectivity index (χ0) is 9.68. The Balaban J connectivity index is 2.35. The van der Waals surface area contributed by atoms with Crippen molar-refractivity contribution in [3.8, 4) is 0 Å². The van der Waals surface area contributed by atoms with Gasteiger partial charge in [-0.2, -0.15) is 5.10 Å². The topological polar surface area (TPSA) is 29.9 Å². The summed E-state index contributed by atoms with van der Waals surface area (Å²) < 4.78 is 2.92. The standard InChI is InChI=1S/C9H14BrN3/c1-3-4-11-8(2)6-13-7-9(10)5-12-13/h3,5,7-8,11H,1,4,6H2,2H3/t8-/m1/s1. The van der Waals surface area contributed by atoms with Crippen molar-refractivity contribution in [1.29, 1.82) is 0 Å². The molecule has 0 aliphatic rings.